The fourth-order valence-corrected chi connectivity index (χ4v) is 3.07. The van der Waals surface area contributed by atoms with Crippen LogP contribution in [0.25, 0.3) is 22.3 Å². The van der Waals surface area contributed by atoms with Crippen LogP contribution in [0.5, 0.6) is 0 Å². The summed E-state index contributed by atoms with van der Waals surface area (Å²) in [5.74, 6) is -0.635. The van der Waals surface area contributed by atoms with Crippen molar-refractivity contribution in [2.45, 2.75) is 33.1 Å². The maximum Gasteiger partial charge on any atom is 0.131 e. The highest BCUT2D eigenvalue weighted by atomic mass is 19.1. The second kappa shape index (κ2) is 7.60. The second-order valence-electron chi connectivity index (χ2n) is 6.31. The van der Waals surface area contributed by atoms with Gasteiger partial charge in [0, 0.05) is 11.1 Å². The molecule has 2 heteroatoms. The lowest BCUT2D eigenvalue weighted by atomic mass is 9.97. The summed E-state index contributed by atoms with van der Waals surface area (Å²) in [5.41, 5.74) is 4.56. The van der Waals surface area contributed by atoms with Crippen LogP contribution in [0, 0.1) is 11.6 Å². The molecule has 0 heterocycles. The zero-order valence-electron chi connectivity index (χ0n) is 14.7. The summed E-state index contributed by atoms with van der Waals surface area (Å²) in [6, 6.07) is 18.0. The molecule has 0 saturated carbocycles. The van der Waals surface area contributed by atoms with E-state index in [1.165, 1.54) is 11.6 Å². The van der Waals surface area contributed by atoms with E-state index in [2.05, 4.69) is 13.8 Å². The molecule has 0 aliphatic carbocycles. The molecule has 25 heavy (non-hydrogen) atoms. The molecule has 0 unspecified atom stereocenters. The summed E-state index contributed by atoms with van der Waals surface area (Å²) in [6.45, 7) is 4.15. The number of halogens is 2. The van der Waals surface area contributed by atoms with Gasteiger partial charge in [0.15, 0.2) is 0 Å². The number of benzene rings is 3. The summed E-state index contributed by atoms with van der Waals surface area (Å²) < 4.78 is 29.0. The summed E-state index contributed by atoms with van der Waals surface area (Å²) in [5, 5.41) is 0. The Morgan fingerprint density at radius 2 is 1.20 bits per heavy atom. The normalized spacial score (nSPS) is 10.9. The van der Waals surface area contributed by atoms with Crippen LogP contribution in [0.3, 0.4) is 0 Å². The highest BCUT2D eigenvalue weighted by molar-refractivity contribution is 5.71. The smallest absolute Gasteiger partial charge is 0.131 e. The summed E-state index contributed by atoms with van der Waals surface area (Å²) >= 11 is 0. The average molecular weight is 336 g/mol. The second-order valence-corrected chi connectivity index (χ2v) is 6.31. The molecule has 3 aromatic rings. The van der Waals surface area contributed by atoms with E-state index in [9.17, 15) is 8.78 Å². The Kier molecular flexibility index (Phi) is 5.28. The minimum Gasteiger partial charge on any atom is -0.206 e. The Hall–Kier alpha value is -2.48. The van der Waals surface area contributed by atoms with E-state index < -0.39 is 0 Å². The topological polar surface area (TPSA) is 0 Å². The Morgan fingerprint density at radius 3 is 1.80 bits per heavy atom. The van der Waals surface area contributed by atoms with Crippen molar-refractivity contribution >= 4 is 0 Å². The first-order valence-corrected chi connectivity index (χ1v) is 8.80. The molecule has 0 saturated heterocycles. The van der Waals surface area contributed by atoms with Crippen LogP contribution in [-0.4, -0.2) is 0 Å². The molecule has 0 aromatic heterocycles. The van der Waals surface area contributed by atoms with Crippen LogP contribution < -0.4 is 0 Å². The predicted octanol–water partition coefficient (Wildman–Crippen LogP) is 6.81. The third kappa shape index (κ3) is 3.79. The van der Waals surface area contributed by atoms with E-state index in [4.69, 9.17) is 0 Å². The summed E-state index contributed by atoms with van der Waals surface area (Å²) in [7, 11) is 0. The Morgan fingerprint density at radius 1 is 0.640 bits per heavy atom. The van der Waals surface area contributed by atoms with Gasteiger partial charge in [0.05, 0.1) is 0 Å². The molecule has 0 nitrogen and oxygen atoms in total. The Bertz CT molecular complexity index is 864. The van der Waals surface area contributed by atoms with Gasteiger partial charge in [-0.1, -0.05) is 68.8 Å². The van der Waals surface area contributed by atoms with Gasteiger partial charge in [-0.15, -0.1) is 0 Å². The molecule has 0 fully saturated rings. The first-order chi connectivity index (χ1) is 12.1. The van der Waals surface area contributed by atoms with Gasteiger partial charge in [-0.2, -0.15) is 0 Å². The molecular weight excluding hydrogens is 314 g/mol. The fourth-order valence-electron chi connectivity index (χ4n) is 3.07. The van der Waals surface area contributed by atoms with Crippen LogP contribution in [0.15, 0.2) is 60.7 Å². The van der Waals surface area contributed by atoms with E-state index in [0.717, 1.165) is 30.4 Å². The monoisotopic (exact) mass is 336 g/mol. The zero-order chi connectivity index (χ0) is 17.8. The van der Waals surface area contributed by atoms with E-state index in [1.807, 2.05) is 30.3 Å². The van der Waals surface area contributed by atoms with Gasteiger partial charge in [0.1, 0.15) is 11.6 Å². The van der Waals surface area contributed by atoms with Gasteiger partial charge < -0.3 is 0 Å². The van der Waals surface area contributed by atoms with Gasteiger partial charge in [-0.05, 0) is 47.2 Å². The van der Waals surface area contributed by atoms with Gasteiger partial charge in [0.25, 0.3) is 0 Å². The molecule has 0 amide bonds. The van der Waals surface area contributed by atoms with Crippen LogP contribution in [0.4, 0.5) is 8.78 Å². The first-order valence-electron chi connectivity index (χ1n) is 8.80. The molecular formula is C23H22F2. The van der Waals surface area contributed by atoms with Gasteiger partial charge in [0.2, 0.25) is 0 Å². The average Bonchev–Trinajstić information content (AvgIpc) is 2.62. The lowest BCUT2D eigenvalue weighted by molar-refractivity contribution is 0.625. The van der Waals surface area contributed by atoms with Crippen molar-refractivity contribution in [3.63, 3.8) is 0 Å². The van der Waals surface area contributed by atoms with Crippen molar-refractivity contribution in [2.75, 3.05) is 0 Å². The maximum atomic E-state index is 14.6. The molecule has 0 spiro atoms. The maximum absolute atomic E-state index is 14.6. The number of hydrogen-bond acceptors (Lipinski definition) is 0. The fraction of sp³-hybridized carbons (Fsp3) is 0.217. The summed E-state index contributed by atoms with van der Waals surface area (Å²) in [4.78, 5) is 0. The van der Waals surface area contributed by atoms with E-state index in [1.54, 1.807) is 24.3 Å². The third-order valence-electron chi connectivity index (χ3n) is 4.53. The molecule has 0 aliphatic heterocycles. The van der Waals surface area contributed by atoms with E-state index >= 15 is 0 Å². The van der Waals surface area contributed by atoms with Crippen LogP contribution in [0.1, 0.15) is 31.4 Å². The van der Waals surface area contributed by atoms with Crippen molar-refractivity contribution < 1.29 is 8.78 Å². The van der Waals surface area contributed by atoms with Crippen molar-refractivity contribution in [1.29, 1.82) is 0 Å². The highest BCUT2D eigenvalue weighted by Gasteiger charge is 2.11. The van der Waals surface area contributed by atoms with Crippen LogP contribution >= 0.6 is 0 Å². The van der Waals surface area contributed by atoms with Crippen molar-refractivity contribution in [3.05, 3.63) is 83.4 Å². The lowest BCUT2D eigenvalue weighted by Gasteiger charge is -2.09. The Balaban J connectivity index is 1.93. The van der Waals surface area contributed by atoms with Crippen LogP contribution in [-0.2, 0) is 12.8 Å². The number of aryl methyl sites for hydroxylation is 2. The molecule has 0 bridgehead atoms. The van der Waals surface area contributed by atoms with Crippen molar-refractivity contribution in [2.24, 2.45) is 0 Å². The standard InChI is InChI=1S/C23H22F2/c1-3-5-17-8-12-21(22(24)14-17)19-11-13-20(23(25)15-19)18-9-6-16(4-2)7-10-18/h6-15H,3-5H2,1-2H3. The molecule has 0 aliphatic rings. The number of hydrogen-bond donors (Lipinski definition) is 0. The lowest BCUT2D eigenvalue weighted by Crippen LogP contribution is -1.91. The van der Waals surface area contributed by atoms with Gasteiger partial charge in [-0.3, -0.25) is 0 Å². The van der Waals surface area contributed by atoms with Gasteiger partial charge in [-0.25, -0.2) is 8.78 Å². The highest BCUT2D eigenvalue weighted by Crippen LogP contribution is 2.30. The third-order valence-corrected chi connectivity index (χ3v) is 4.53. The molecule has 128 valence electrons. The predicted molar refractivity (Wildman–Crippen MR) is 101 cm³/mol. The van der Waals surface area contributed by atoms with Gasteiger partial charge >= 0.3 is 0 Å². The van der Waals surface area contributed by atoms with E-state index in [0.29, 0.717) is 16.7 Å². The first kappa shape index (κ1) is 17.3. The molecule has 3 rings (SSSR count). The van der Waals surface area contributed by atoms with E-state index in [-0.39, 0.29) is 11.6 Å². The number of rotatable bonds is 5. The minimum atomic E-state index is -0.334. The molecule has 0 N–H and O–H groups in total. The Labute approximate surface area is 148 Å². The molecule has 0 atom stereocenters. The SMILES string of the molecule is CCCc1ccc(-c2ccc(-c3ccc(CC)cc3)c(F)c2)c(F)c1. The minimum absolute atomic E-state index is 0.301. The van der Waals surface area contributed by atoms with Crippen LogP contribution in [0.2, 0.25) is 0 Å². The molecule has 3 aromatic carbocycles. The molecule has 0 radical (unpaired) electrons. The zero-order valence-corrected chi connectivity index (χ0v) is 14.7. The summed E-state index contributed by atoms with van der Waals surface area (Å²) in [6.07, 6.45) is 2.77. The van der Waals surface area contributed by atoms with Crippen molar-refractivity contribution in [1.82, 2.24) is 0 Å². The van der Waals surface area contributed by atoms with Crippen molar-refractivity contribution in [3.8, 4) is 22.3 Å². The quantitative estimate of drug-likeness (QED) is 0.480. The largest absolute Gasteiger partial charge is 0.206 e.